The predicted molar refractivity (Wildman–Crippen MR) is 141 cm³/mol. The standard InChI is InChI=1S/C28H40F3N3O6/c1-16(2)27(24(37)38)14-20(34(17(3)4)25(39)40-26(5,6)7)11-12-21(27)33-22(35)15-32-23(36)18-9-8-10-19(13-18)28(29,30)31/h8-10,13,16-17,20-21H,11-12,14-15H2,1-7H3,(H,32,36)(H,33,35)(H,37,38)/t20-,21+,27-/m1/s1. The summed E-state index contributed by atoms with van der Waals surface area (Å²) in [6.07, 6.45) is -4.46. The van der Waals surface area contributed by atoms with Crippen LogP contribution in [0.3, 0.4) is 0 Å². The molecule has 0 aliphatic heterocycles. The summed E-state index contributed by atoms with van der Waals surface area (Å²) in [5.74, 6) is -3.12. The number of rotatable bonds is 8. The Labute approximate surface area is 232 Å². The zero-order valence-corrected chi connectivity index (χ0v) is 24.0. The van der Waals surface area contributed by atoms with Crippen molar-refractivity contribution in [3.63, 3.8) is 0 Å². The highest BCUT2D eigenvalue weighted by molar-refractivity contribution is 5.96. The number of nitrogens with zero attached hydrogens (tertiary/aromatic N) is 1. The average Bonchev–Trinajstić information content (AvgIpc) is 2.81. The lowest BCUT2D eigenvalue weighted by Crippen LogP contribution is -2.62. The van der Waals surface area contributed by atoms with Crippen molar-refractivity contribution in [3.05, 3.63) is 35.4 Å². The maximum atomic E-state index is 13.0. The fourth-order valence-electron chi connectivity index (χ4n) is 5.25. The second-order valence-corrected chi connectivity index (χ2v) is 11.8. The number of carbonyl (C=O) groups is 4. The molecule has 0 radical (unpaired) electrons. The number of alkyl halides is 3. The Kier molecular flexibility index (Phi) is 10.3. The lowest BCUT2D eigenvalue weighted by atomic mass is 9.62. The van der Waals surface area contributed by atoms with Crippen LogP contribution in [0.5, 0.6) is 0 Å². The van der Waals surface area contributed by atoms with Crippen molar-refractivity contribution < 1.29 is 42.2 Å². The minimum atomic E-state index is -4.63. The minimum Gasteiger partial charge on any atom is -0.481 e. The molecule has 3 N–H and O–H groups in total. The molecular formula is C28H40F3N3O6. The molecule has 1 saturated carbocycles. The third-order valence-corrected chi connectivity index (χ3v) is 7.16. The number of amides is 3. The van der Waals surface area contributed by atoms with Crippen LogP contribution in [-0.4, -0.2) is 64.2 Å². The molecule has 1 aromatic rings. The molecule has 1 aromatic carbocycles. The molecule has 224 valence electrons. The van der Waals surface area contributed by atoms with E-state index in [1.807, 2.05) is 13.8 Å². The Bertz CT molecular complexity index is 1100. The smallest absolute Gasteiger partial charge is 0.416 e. The van der Waals surface area contributed by atoms with E-state index in [0.29, 0.717) is 12.5 Å². The number of nitrogens with one attached hydrogen (secondary N) is 2. The van der Waals surface area contributed by atoms with Gasteiger partial charge in [0.05, 0.1) is 17.5 Å². The Hall–Kier alpha value is -3.31. The first-order chi connectivity index (χ1) is 18.3. The highest BCUT2D eigenvalue weighted by atomic mass is 19.4. The van der Waals surface area contributed by atoms with Gasteiger partial charge >= 0.3 is 18.2 Å². The van der Waals surface area contributed by atoms with Gasteiger partial charge in [0.2, 0.25) is 5.91 Å². The Balaban J connectivity index is 2.20. The van der Waals surface area contributed by atoms with Crippen LogP contribution in [0.25, 0.3) is 0 Å². The molecule has 0 bridgehead atoms. The molecule has 0 spiro atoms. The summed E-state index contributed by atoms with van der Waals surface area (Å²) in [4.78, 5) is 52.6. The van der Waals surface area contributed by atoms with Gasteiger partial charge in [-0.15, -0.1) is 0 Å². The van der Waals surface area contributed by atoms with Gasteiger partial charge in [-0.05, 0) is 78.0 Å². The zero-order chi connectivity index (χ0) is 30.6. The Morgan fingerprint density at radius 1 is 1.10 bits per heavy atom. The van der Waals surface area contributed by atoms with E-state index in [1.165, 1.54) is 6.07 Å². The fourth-order valence-corrected chi connectivity index (χ4v) is 5.25. The Morgan fingerprint density at radius 3 is 2.23 bits per heavy atom. The average molecular weight is 572 g/mol. The second kappa shape index (κ2) is 12.5. The van der Waals surface area contributed by atoms with Crippen LogP contribution < -0.4 is 10.6 Å². The number of aliphatic carboxylic acids is 1. The van der Waals surface area contributed by atoms with Gasteiger partial charge in [-0.25, -0.2) is 4.79 Å². The van der Waals surface area contributed by atoms with Gasteiger partial charge in [0.25, 0.3) is 5.91 Å². The largest absolute Gasteiger partial charge is 0.481 e. The van der Waals surface area contributed by atoms with E-state index in [0.717, 1.165) is 12.1 Å². The van der Waals surface area contributed by atoms with E-state index in [1.54, 1.807) is 39.5 Å². The van der Waals surface area contributed by atoms with Gasteiger partial charge in [0.1, 0.15) is 5.60 Å². The minimum absolute atomic E-state index is 0.0684. The number of hydrogen-bond donors (Lipinski definition) is 3. The van der Waals surface area contributed by atoms with Crippen LogP contribution in [-0.2, 0) is 20.5 Å². The highest BCUT2D eigenvalue weighted by Crippen LogP contribution is 2.45. The van der Waals surface area contributed by atoms with Crippen molar-refractivity contribution >= 4 is 23.9 Å². The summed E-state index contributed by atoms with van der Waals surface area (Å²) in [7, 11) is 0. The summed E-state index contributed by atoms with van der Waals surface area (Å²) >= 11 is 0. The monoisotopic (exact) mass is 571 g/mol. The molecule has 12 heteroatoms. The predicted octanol–water partition coefficient (Wildman–Crippen LogP) is 4.85. The maximum absolute atomic E-state index is 13.0. The molecule has 0 aromatic heterocycles. The molecule has 1 aliphatic rings. The lowest BCUT2D eigenvalue weighted by Gasteiger charge is -2.50. The van der Waals surface area contributed by atoms with Crippen molar-refractivity contribution in [2.75, 3.05) is 6.54 Å². The third-order valence-electron chi connectivity index (χ3n) is 7.16. The number of benzene rings is 1. The highest BCUT2D eigenvalue weighted by Gasteiger charge is 2.54. The van der Waals surface area contributed by atoms with Gasteiger partial charge in [-0.2, -0.15) is 13.2 Å². The van der Waals surface area contributed by atoms with E-state index in [9.17, 15) is 37.5 Å². The van der Waals surface area contributed by atoms with Gasteiger partial charge in [-0.3, -0.25) is 14.4 Å². The second-order valence-electron chi connectivity index (χ2n) is 11.8. The van der Waals surface area contributed by atoms with Crippen LogP contribution in [0.1, 0.15) is 83.7 Å². The molecule has 2 rings (SSSR count). The molecule has 0 unspecified atom stereocenters. The summed E-state index contributed by atoms with van der Waals surface area (Å²) < 4.78 is 44.5. The fraction of sp³-hybridized carbons (Fsp3) is 0.643. The molecule has 0 saturated heterocycles. The molecule has 40 heavy (non-hydrogen) atoms. The van der Waals surface area contributed by atoms with Gasteiger partial charge in [0.15, 0.2) is 0 Å². The van der Waals surface area contributed by atoms with E-state index >= 15 is 0 Å². The zero-order valence-electron chi connectivity index (χ0n) is 24.0. The van der Waals surface area contributed by atoms with Crippen molar-refractivity contribution in [1.29, 1.82) is 0 Å². The molecule has 0 heterocycles. The summed E-state index contributed by atoms with van der Waals surface area (Å²) in [5, 5.41) is 15.4. The molecule has 1 aliphatic carbocycles. The van der Waals surface area contributed by atoms with Crippen molar-refractivity contribution in [3.8, 4) is 0 Å². The molecule has 3 amide bonds. The first kappa shape index (κ1) is 32.9. The van der Waals surface area contributed by atoms with Gasteiger partial charge in [-0.1, -0.05) is 19.9 Å². The first-order valence-corrected chi connectivity index (χ1v) is 13.3. The van der Waals surface area contributed by atoms with Crippen molar-refractivity contribution in [1.82, 2.24) is 15.5 Å². The van der Waals surface area contributed by atoms with E-state index in [4.69, 9.17) is 4.74 Å². The quantitative estimate of drug-likeness (QED) is 0.410. The van der Waals surface area contributed by atoms with E-state index < -0.39 is 71.2 Å². The number of carboxylic acid groups (broad SMARTS) is 1. The Morgan fingerprint density at radius 2 is 1.73 bits per heavy atom. The van der Waals surface area contributed by atoms with Crippen LogP contribution >= 0.6 is 0 Å². The number of carbonyl (C=O) groups excluding carboxylic acids is 3. The molecular weight excluding hydrogens is 531 g/mol. The van der Waals surface area contributed by atoms with Gasteiger partial charge < -0.3 is 25.4 Å². The maximum Gasteiger partial charge on any atom is 0.416 e. The molecule has 9 nitrogen and oxygen atoms in total. The number of ether oxygens (including phenoxy) is 1. The van der Waals surface area contributed by atoms with Crippen molar-refractivity contribution in [2.24, 2.45) is 11.3 Å². The summed E-state index contributed by atoms with van der Waals surface area (Å²) in [6.45, 7) is 11.8. The van der Waals surface area contributed by atoms with E-state index in [2.05, 4.69) is 10.6 Å². The molecule has 3 atom stereocenters. The summed E-state index contributed by atoms with van der Waals surface area (Å²) in [5.41, 5.74) is -3.43. The van der Waals surface area contributed by atoms with Crippen LogP contribution in [0.15, 0.2) is 24.3 Å². The number of carboxylic acids is 1. The number of hydrogen-bond acceptors (Lipinski definition) is 5. The van der Waals surface area contributed by atoms with Crippen LogP contribution in [0.4, 0.5) is 18.0 Å². The normalized spacial score (nSPS) is 21.6. The van der Waals surface area contributed by atoms with Crippen LogP contribution in [0.2, 0.25) is 0 Å². The van der Waals surface area contributed by atoms with Gasteiger partial charge in [0, 0.05) is 23.7 Å². The topological polar surface area (TPSA) is 125 Å². The van der Waals surface area contributed by atoms with E-state index in [-0.39, 0.29) is 24.4 Å². The lowest BCUT2D eigenvalue weighted by molar-refractivity contribution is -0.160. The SMILES string of the molecule is CC(C)N(C(=O)OC(C)(C)C)[C@@H]1CC[C@H](NC(=O)CNC(=O)c2cccc(C(F)(F)F)c2)[C@](C(=O)O)(C(C)C)C1. The van der Waals surface area contributed by atoms with Crippen LogP contribution in [0, 0.1) is 11.3 Å². The molecule has 1 fully saturated rings. The van der Waals surface area contributed by atoms with Crippen molar-refractivity contribution in [2.45, 2.75) is 97.6 Å². The third kappa shape index (κ3) is 7.88. The first-order valence-electron chi connectivity index (χ1n) is 13.3. The number of halogens is 3. The summed E-state index contributed by atoms with van der Waals surface area (Å²) in [6, 6.07) is 2.28.